The van der Waals surface area contributed by atoms with Crippen LogP contribution < -0.4 is 5.32 Å². The summed E-state index contributed by atoms with van der Waals surface area (Å²) in [7, 11) is 0. The fourth-order valence-corrected chi connectivity index (χ4v) is 2.77. The molecule has 0 atom stereocenters. The van der Waals surface area contributed by atoms with Crippen molar-refractivity contribution >= 4 is 0 Å². The molecule has 4 nitrogen and oxygen atoms in total. The maximum absolute atomic E-state index is 4.22. The number of aryl methyl sites for hydroxylation is 1. The summed E-state index contributed by atoms with van der Waals surface area (Å²) in [6.45, 7) is 10.2. The first-order valence-corrected chi connectivity index (χ1v) is 7.78. The third-order valence-corrected chi connectivity index (χ3v) is 4.13. The smallest absolute Gasteiger partial charge is 0.0948 e. The van der Waals surface area contributed by atoms with Crippen LogP contribution in [-0.2, 0) is 13.1 Å². The third kappa shape index (κ3) is 4.32. The van der Waals surface area contributed by atoms with Crippen LogP contribution in [0.5, 0.6) is 0 Å². The Morgan fingerprint density at radius 2 is 2.11 bits per heavy atom. The molecule has 0 unspecified atom stereocenters. The molecule has 0 aromatic carbocycles. The van der Waals surface area contributed by atoms with Gasteiger partial charge < -0.3 is 14.8 Å². The Bertz CT molecular complexity index is 353. The number of aromatic nitrogens is 2. The van der Waals surface area contributed by atoms with E-state index in [1.807, 2.05) is 12.5 Å². The fraction of sp³-hybridized carbons (Fsp3) is 0.800. The minimum Gasteiger partial charge on any atom is -0.334 e. The molecule has 0 spiro atoms. The van der Waals surface area contributed by atoms with Gasteiger partial charge in [-0.2, -0.15) is 0 Å². The van der Waals surface area contributed by atoms with Crippen LogP contribution in [0.2, 0.25) is 0 Å². The Balaban J connectivity index is 1.68. The van der Waals surface area contributed by atoms with E-state index >= 15 is 0 Å². The summed E-state index contributed by atoms with van der Waals surface area (Å²) in [6, 6.07) is 0.679. The molecule has 1 fully saturated rings. The average Bonchev–Trinajstić information content (AvgIpc) is 2.91. The molecule has 4 heteroatoms. The van der Waals surface area contributed by atoms with Crippen molar-refractivity contribution in [2.45, 2.75) is 58.7 Å². The lowest BCUT2D eigenvalue weighted by atomic mass is 10.0. The highest BCUT2D eigenvalue weighted by Gasteiger charge is 2.18. The van der Waals surface area contributed by atoms with Crippen LogP contribution in [0.4, 0.5) is 0 Å². The maximum Gasteiger partial charge on any atom is 0.0948 e. The van der Waals surface area contributed by atoms with Crippen LogP contribution in [-0.4, -0.2) is 40.1 Å². The fourth-order valence-electron chi connectivity index (χ4n) is 2.77. The molecule has 0 amide bonds. The number of rotatable bonds is 7. The molecule has 1 aromatic rings. The quantitative estimate of drug-likeness (QED) is 0.820. The molecule has 1 aliphatic rings. The molecule has 0 saturated carbocycles. The van der Waals surface area contributed by atoms with Gasteiger partial charge in [0.15, 0.2) is 0 Å². The van der Waals surface area contributed by atoms with Gasteiger partial charge in [0, 0.05) is 25.3 Å². The van der Waals surface area contributed by atoms with Crippen molar-refractivity contribution in [1.29, 1.82) is 0 Å². The Morgan fingerprint density at radius 3 is 2.79 bits per heavy atom. The van der Waals surface area contributed by atoms with Crippen LogP contribution >= 0.6 is 0 Å². The van der Waals surface area contributed by atoms with E-state index in [-0.39, 0.29) is 0 Å². The number of likely N-dealkylation sites (tertiary alicyclic amines) is 1. The zero-order valence-corrected chi connectivity index (χ0v) is 12.4. The number of hydrogen-bond acceptors (Lipinski definition) is 3. The minimum absolute atomic E-state index is 0.679. The Kier molecular flexibility index (Phi) is 5.86. The molecule has 0 radical (unpaired) electrons. The van der Waals surface area contributed by atoms with Crippen LogP contribution in [0, 0.1) is 0 Å². The van der Waals surface area contributed by atoms with Crippen molar-refractivity contribution in [3.05, 3.63) is 18.2 Å². The van der Waals surface area contributed by atoms with Gasteiger partial charge in [-0.25, -0.2) is 4.98 Å². The lowest BCUT2D eigenvalue weighted by Gasteiger charge is -2.32. The van der Waals surface area contributed by atoms with Gasteiger partial charge in [0.1, 0.15) is 0 Å². The highest BCUT2D eigenvalue weighted by atomic mass is 15.1. The maximum atomic E-state index is 4.22. The van der Waals surface area contributed by atoms with E-state index in [9.17, 15) is 0 Å². The first kappa shape index (κ1) is 14.5. The zero-order chi connectivity index (χ0) is 13.5. The van der Waals surface area contributed by atoms with Crippen molar-refractivity contribution in [2.75, 3.05) is 19.6 Å². The van der Waals surface area contributed by atoms with Crippen LogP contribution in [0.25, 0.3) is 0 Å². The van der Waals surface area contributed by atoms with Gasteiger partial charge in [-0.15, -0.1) is 0 Å². The van der Waals surface area contributed by atoms with Crippen molar-refractivity contribution in [3.63, 3.8) is 0 Å². The second-order valence-corrected chi connectivity index (χ2v) is 5.52. The van der Waals surface area contributed by atoms with E-state index < -0.39 is 0 Å². The van der Waals surface area contributed by atoms with Gasteiger partial charge >= 0.3 is 0 Å². The van der Waals surface area contributed by atoms with Gasteiger partial charge in [0.2, 0.25) is 0 Å². The van der Waals surface area contributed by atoms with Crippen LogP contribution in [0.3, 0.4) is 0 Å². The van der Waals surface area contributed by atoms with Gasteiger partial charge in [0.25, 0.3) is 0 Å². The van der Waals surface area contributed by atoms with Crippen LogP contribution in [0.1, 0.15) is 45.2 Å². The van der Waals surface area contributed by atoms with Crippen molar-refractivity contribution < 1.29 is 0 Å². The number of hydrogen-bond donors (Lipinski definition) is 1. The number of nitrogens with zero attached hydrogens (tertiary/aromatic N) is 3. The topological polar surface area (TPSA) is 33.1 Å². The lowest BCUT2D eigenvalue weighted by molar-refractivity contribution is 0.194. The highest BCUT2D eigenvalue weighted by molar-refractivity contribution is 4.98. The number of imidazole rings is 1. The van der Waals surface area contributed by atoms with Gasteiger partial charge in [0.05, 0.1) is 12.0 Å². The molecule has 19 heavy (non-hydrogen) atoms. The molecule has 2 heterocycles. The molecule has 1 saturated heterocycles. The normalized spacial score (nSPS) is 18.0. The standard InChI is InChI=1S/C15H28N4/c1-3-5-8-18-9-6-14(7-10-18)17-12-15-11-16-13-19(15)4-2/h11,13-14,17H,3-10,12H2,1-2H3. The van der Waals surface area contributed by atoms with Crippen molar-refractivity contribution in [2.24, 2.45) is 0 Å². The van der Waals surface area contributed by atoms with E-state index in [2.05, 4.69) is 33.6 Å². The summed E-state index contributed by atoms with van der Waals surface area (Å²) in [4.78, 5) is 6.83. The second-order valence-electron chi connectivity index (χ2n) is 5.52. The van der Waals surface area contributed by atoms with E-state index in [0.29, 0.717) is 6.04 Å². The summed E-state index contributed by atoms with van der Waals surface area (Å²) in [6.07, 6.45) is 9.11. The summed E-state index contributed by atoms with van der Waals surface area (Å²) in [5, 5.41) is 3.69. The van der Waals surface area contributed by atoms with Gasteiger partial charge in [-0.1, -0.05) is 13.3 Å². The number of unbranched alkanes of at least 4 members (excludes halogenated alkanes) is 1. The molecule has 0 aliphatic carbocycles. The van der Waals surface area contributed by atoms with E-state index in [4.69, 9.17) is 0 Å². The summed E-state index contributed by atoms with van der Waals surface area (Å²) in [5.74, 6) is 0. The molecule has 108 valence electrons. The number of piperidine rings is 1. The summed E-state index contributed by atoms with van der Waals surface area (Å²) in [5.41, 5.74) is 1.30. The molecular formula is C15H28N4. The first-order chi connectivity index (χ1) is 9.33. The molecule has 1 aliphatic heterocycles. The average molecular weight is 264 g/mol. The predicted molar refractivity (Wildman–Crippen MR) is 79.1 cm³/mol. The largest absolute Gasteiger partial charge is 0.334 e. The molecular weight excluding hydrogens is 236 g/mol. The first-order valence-electron chi connectivity index (χ1n) is 7.78. The van der Waals surface area contributed by atoms with E-state index in [1.54, 1.807) is 0 Å². The number of nitrogens with one attached hydrogen (secondary N) is 1. The SMILES string of the molecule is CCCCN1CCC(NCc2cncn2CC)CC1. The molecule has 2 rings (SSSR count). The molecule has 1 aromatic heterocycles. The lowest BCUT2D eigenvalue weighted by Crippen LogP contribution is -2.42. The Labute approximate surface area is 117 Å². The van der Waals surface area contributed by atoms with Crippen LogP contribution in [0.15, 0.2) is 12.5 Å². The molecule has 0 bridgehead atoms. The zero-order valence-electron chi connectivity index (χ0n) is 12.4. The Morgan fingerprint density at radius 1 is 1.32 bits per heavy atom. The van der Waals surface area contributed by atoms with Gasteiger partial charge in [-0.05, 0) is 45.8 Å². The highest BCUT2D eigenvalue weighted by Crippen LogP contribution is 2.12. The summed E-state index contributed by atoms with van der Waals surface area (Å²) < 4.78 is 2.21. The monoisotopic (exact) mass is 264 g/mol. The van der Waals surface area contributed by atoms with E-state index in [1.165, 1.54) is 51.0 Å². The van der Waals surface area contributed by atoms with E-state index in [0.717, 1.165) is 13.1 Å². The third-order valence-electron chi connectivity index (χ3n) is 4.13. The minimum atomic E-state index is 0.679. The molecule has 1 N–H and O–H groups in total. The summed E-state index contributed by atoms with van der Waals surface area (Å²) >= 11 is 0. The predicted octanol–water partition coefficient (Wildman–Crippen LogP) is 2.26. The van der Waals surface area contributed by atoms with Crippen molar-refractivity contribution in [3.8, 4) is 0 Å². The second kappa shape index (κ2) is 7.65. The van der Waals surface area contributed by atoms with Gasteiger partial charge in [-0.3, -0.25) is 0 Å². The Hall–Kier alpha value is -0.870. The van der Waals surface area contributed by atoms with Crippen molar-refractivity contribution in [1.82, 2.24) is 19.8 Å².